The maximum absolute atomic E-state index is 12.9. The van der Waals surface area contributed by atoms with Crippen LogP contribution in [-0.4, -0.2) is 56.3 Å². The number of piperidine rings is 1. The molecule has 3 N–H and O–H groups in total. The predicted molar refractivity (Wildman–Crippen MR) is 118 cm³/mol. The quantitative estimate of drug-likeness (QED) is 0.714. The Labute approximate surface area is 182 Å². The number of hydrogen-bond acceptors (Lipinski definition) is 5. The number of methoxy groups -OCH3 is 2. The largest absolute Gasteiger partial charge is 0.496 e. The van der Waals surface area contributed by atoms with Gasteiger partial charge in [0.2, 0.25) is 0 Å². The highest BCUT2D eigenvalue weighted by molar-refractivity contribution is 6.33. The van der Waals surface area contributed by atoms with E-state index in [0.29, 0.717) is 28.1 Å². The normalized spacial score (nSPS) is 22.0. The molecule has 2 aromatic rings. The SMILES string of the molecule is COc1cc(N)c(Cl)cc1C(=O)N[C@H]1CCN(C2Cc3ccccc3C2)C[C@H]1OC. The van der Waals surface area contributed by atoms with Crippen molar-refractivity contribution in [3.8, 4) is 5.75 Å². The number of likely N-dealkylation sites (tertiary alicyclic amines) is 1. The average Bonchev–Trinajstić information content (AvgIpc) is 3.19. The van der Waals surface area contributed by atoms with Crippen LogP contribution in [0.2, 0.25) is 5.02 Å². The van der Waals surface area contributed by atoms with Gasteiger partial charge in [0.25, 0.3) is 5.91 Å². The molecule has 0 unspecified atom stereocenters. The molecule has 160 valence electrons. The molecule has 30 heavy (non-hydrogen) atoms. The molecule has 1 saturated heterocycles. The van der Waals surface area contributed by atoms with E-state index in [1.54, 1.807) is 19.2 Å². The number of nitrogen functional groups attached to an aromatic ring is 1. The summed E-state index contributed by atoms with van der Waals surface area (Å²) in [6, 6.07) is 12.2. The van der Waals surface area contributed by atoms with Crippen molar-refractivity contribution in [2.75, 3.05) is 33.0 Å². The van der Waals surface area contributed by atoms with Crippen molar-refractivity contribution >= 4 is 23.2 Å². The smallest absolute Gasteiger partial charge is 0.255 e. The van der Waals surface area contributed by atoms with E-state index in [0.717, 1.165) is 32.4 Å². The number of carbonyl (C=O) groups is 1. The molecule has 1 heterocycles. The first-order chi connectivity index (χ1) is 14.5. The second-order valence-electron chi connectivity index (χ2n) is 8.04. The molecule has 6 nitrogen and oxygen atoms in total. The van der Waals surface area contributed by atoms with E-state index in [-0.39, 0.29) is 18.1 Å². The van der Waals surface area contributed by atoms with Crippen molar-refractivity contribution in [1.82, 2.24) is 10.2 Å². The van der Waals surface area contributed by atoms with Gasteiger partial charge in [-0.2, -0.15) is 0 Å². The van der Waals surface area contributed by atoms with Gasteiger partial charge in [0, 0.05) is 32.3 Å². The van der Waals surface area contributed by atoms with Gasteiger partial charge in [-0.3, -0.25) is 9.69 Å². The fourth-order valence-corrected chi connectivity index (χ4v) is 4.80. The first-order valence-corrected chi connectivity index (χ1v) is 10.7. The van der Waals surface area contributed by atoms with Crippen LogP contribution in [-0.2, 0) is 17.6 Å². The third kappa shape index (κ3) is 4.13. The molecule has 0 bridgehead atoms. The van der Waals surface area contributed by atoms with Crippen molar-refractivity contribution in [2.24, 2.45) is 0 Å². The maximum Gasteiger partial charge on any atom is 0.255 e. The minimum atomic E-state index is -0.234. The summed E-state index contributed by atoms with van der Waals surface area (Å²) in [6.45, 7) is 1.71. The summed E-state index contributed by atoms with van der Waals surface area (Å²) >= 11 is 6.12. The Morgan fingerprint density at radius 3 is 2.53 bits per heavy atom. The number of fused-ring (bicyclic) bond motifs is 1. The lowest BCUT2D eigenvalue weighted by Gasteiger charge is -2.41. The number of nitrogens with zero attached hydrogens (tertiary/aromatic N) is 1. The predicted octanol–water partition coefficient (Wildman–Crippen LogP) is 2.92. The van der Waals surface area contributed by atoms with Crippen LogP contribution in [0.15, 0.2) is 36.4 Å². The molecule has 2 aromatic carbocycles. The highest BCUT2D eigenvalue weighted by atomic mass is 35.5. The standard InChI is InChI=1S/C23H28ClN3O3/c1-29-21-12-19(25)18(24)11-17(21)23(28)26-20-7-8-27(13-22(20)30-2)16-9-14-5-3-4-6-15(14)10-16/h3-6,11-12,16,20,22H,7-10,13,25H2,1-2H3,(H,26,28)/t20-,22+/m0/s1. The van der Waals surface area contributed by atoms with Crippen LogP contribution >= 0.6 is 11.6 Å². The van der Waals surface area contributed by atoms with Crippen LogP contribution in [0, 0.1) is 0 Å². The second kappa shape index (κ2) is 8.84. The van der Waals surface area contributed by atoms with Crippen LogP contribution in [0.4, 0.5) is 5.69 Å². The van der Waals surface area contributed by atoms with E-state index in [2.05, 4.69) is 34.5 Å². The summed E-state index contributed by atoms with van der Waals surface area (Å²) in [4.78, 5) is 15.4. The van der Waals surface area contributed by atoms with Crippen LogP contribution in [0.5, 0.6) is 5.75 Å². The highest BCUT2D eigenvalue weighted by Crippen LogP contribution is 2.30. The third-order valence-corrected chi connectivity index (χ3v) is 6.65. The molecule has 0 saturated carbocycles. The van der Waals surface area contributed by atoms with E-state index in [9.17, 15) is 4.79 Å². The number of hydrogen-bond donors (Lipinski definition) is 2. The van der Waals surface area contributed by atoms with Crippen LogP contribution in [0.25, 0.3) is 0 Å². The lowest BCUT2D eigenvalue weighted by molar-refractivity contribution is -0.00627. The van der Waals surface area contributed by atoms with Gasteiger partial charge in [-0.1, -0.05) is 35.9 Å². The summed E-state index contributed by atoms with van der Waals surface area (Å²) in [5, 5.41) is 3.45. The molecule has 1 fully saturated rings. The Hall–Kier alpha value is -2.28. The number of anilines is 1. The summed E-state index contributed by atoms with van der Waals surface area (Å²) in [7, 11) is 3.22. The van der Waals surface area contributed by atoms with Gasteiger partial charge in [-0.05, 0) is 36.5 Å². The number of nitrogens with two attached hydrogens (primary N) is 1. The molecule has 0 spiro atoms. The fraction of sp³-hybridized carbons (Fsp3) is 0.435. The molecular weight excluding hydrogens is 402 g/mol. The van der Waals surface area contributed by atoms with Gasteiger partial charge in [0.1, 0.15) is 5.75 Å². The topological polar surface area (TPSA) is 76.8 Å². The van der Waals surface area contributed by atoms with Gasteiger partial charge >= 0.3 is 0 Å². The third-order valence-electron chi connectivity index (χ3n) is 6.32. The molecule has 1 amide bonds. The molecule has 2 aliphatic rings. The number of rotatable bonds is 5. The number of carbonyl (C=O) groups excluding carboxylic acids is 1. The Morgan fingerprint density at radius 2 is 1.90 bits per heavy atom. The van der Waals surface area contributed by atoms with Crippen LogP contribution < -0.4 is 15.8 Å². The van der Waals surface area contributed by atoms with E-state index in [1.807, 2.05) is 0 Å². The van der Waals surface area contributed by atoms with Crippen molar-refractivity contribution in [1.29, 1.82) is 0 Å². The first-order valence-electron chi connectivity index (χ1n) is 10.3. The van der Waals surface area contributed by atoms with Gasteiger partial charge < -0.3 is 20.5 Å². The van der Waals surface area contributed by atoms with Gasteiger partial charge in [-0.15, -0.1) is 0 Å². The van der Waals surface area contributed by atoms with Crippen molar-refractivity contribution in [3.63, 3.8) is 0 Å². The van der Waals surface area contributed by atoms with Crippen LogP contribution in [0.3, 0.4) is 0 Å². The Morgan fingerprint density at radius 1 is 1.20 bits per heavy atom. The van der Waals surface area contributed by atoms with Crippen LogP contribution in [0.1, 0.15) is 27.9 Å². The Kier molecular flexibility index (Phi) is 6.18. The first kappa shape index (κ1) is 21.0. The molecule has 7 heteroatoms. The lowest BCUT2D eigenvalue weighted by Crippen LogP contribution is -2.57. The maximum atomic E-state index is 12.9. The summed E-state index contributed by atoms with van der Waals surface area (Å²) in [5.74, 6) is 0.173. The molecule has 4 rings (SSSR count). The number of amides is 1. The second-order valence-corrected chi connectivity index (χ2v) is 8.45. The summed E-state index contributed by atoms with van der Waals surface area (Å²) in [6.07, 6.45) is 2.89. The highest BCUT2D eigenvalue weighted by Gasteiger charge is 2.36. The lowest BCUT2D eigenvalue weighted by atomic mass is 9.98. The minimum Gasteiger partial charge on any atom is -0.496 e. The van der Waals surface area contributed by atoms with Gasteiger partial charge in [-0.25, -0.2) is 0 Å². The van der Waals surface area contributed by atoms with E-state index in [1.165, 1.54) is 18.2 Å². The number of halogens is 1. The van der Waals surface area contributed by atoms with Crippen molar-refractivity contribution in [2.45, 2.75) is 37.5 Å². The summed E-state index contributed by atoms with van der Waals surface area (Å²) < 4.78 is 11.1. The molecule has 0 radical (unpaired) electrons. The Bertz CT molecular complexity index is 911. The zero-order valence-electron chi connectivity index (χ0n) is 17.4. The summed E-state index contributed by atoms with van der Waals surface area (Å²) in [5.41, 5.74) is 9.47. The zero-order valence-corrected chi connectivity index (χ0v) is 18.1. The van der Waals surface area contributed by atoms with Crippen molar-refractivity contribution < 1.29 is 14.3 Å². The molecule has 2 atom stereocenters. The van der Waals surface area contributed by atoms with Gasteiger partial charge in [0.05, 0.1) is 35.5 Å². The average molecular weight is 430 g/mol. The zero-order chi connectivity index (χ0) is 21.3. The number of benzene rings is 2. The fourth-order valence-electron chi connectivity index (χ4n) is 4.63. The number of ether oxygens (including phenoxy) is 2. The van der Waals surface area contributed by atoms with E-state index >= 15 is 0 Å². The van der Waals surface area contributed by atoms with Gasteiger partial charge in [0.15, 0.2) is 0 Å². The minimum absolute atomic E-state index is 0.0800. The molecule has 1 aliphatic heterocycles. The molecule has 0 aromatic heterocycles. The van der Waals surface area contributed by atoms with E-state index in [4.69, 9.17) is 26.8 Å². The monoisotopic (exact) mass is 429 g/mol. The molecule has 1 aliphatic carbocycles. The number of nitrogens with one attached hydrogen (secondary N) is 1. The molecular formula is C23H28ClN3O3. The van der Waals surface area contributed by atoms with E-state index < -0.39 is 0 Å². The van der Waals surface area contributed by atoms with Crippen molar-refractivity contribution in [3.05, 3.63) is 58.1 Å². The Balaban J connectivity index is 1.42.